The highest BCUT2D eigenvalue weighted by atomic mass is 32.1. The molecule has 1 amide bonds. The summed E-state index contributed by atoms with van der Waals surface area (Å²) in [5.74, 6) is 0.601. The van der Waals surface area contributed by atoms with E-state index in [0.29, 0.717) is 29.1 Å². The Morgan fingerprint density at radius 1 is 1.12 bits per heavy atom. The summed E-state index contributed by atoms with van der Waals surface area (Å²) in [5, 5.41) is 10.6. The standard InChI is InChI=1S/C24H18N4O3S/c1-30-18-8-5-15(6-9-18)24-27-20(14-32-24)22-19-12-16(7-10-21(19)31-28-22)23(29)26-13-17-4-2-3-11-25-17/h2-12,14H,13H2,1H3,(H,26,29). The molecule has 32 heavy (non-hydrogen) atoms. The van der Waals surface area contributed by atoms with Crippen LogP contribution >= 0.6 is 11.3 Å². The monoisotopic (exact) mass is 442 g/mol. The highest BCUT2D eigenvalue weighted by Gasteiger charge is 2.17. The van der Waals surface area contributed by atoms with E-state index in [0.717, 1.165) is 27.4 Å². The summed E-state index contributed by atoms with van der Waals surface area (Å²) < 4.78 is 10.7. The van der Waals surface area contributed by atoms with Gasteiger partial charge in [-0.15, -0.1) is 11.3 Å². The molecule has 8 heteroatoms. The van der Waals surface area contributed by atoms with E-state index >= 15 is 0 Å². The van der Waals surface area contributed by atoms with Gasteiger partial charge in [-0.1, -0.05) is 11.2 Å². The van der Waals surface area contributed by atoms with E-state index in [9.17, 15) is 4.79 Å². The minimum atomic E-state index is -0.193. The number of pyridine rings is 1. The molecule has 0 fully saturated rings. The lowest BCUT2D eigenvalue weighted by Gasteiger charge is -2.05. The van der Waals surface area contributed by atoms with Crippen LogP contribution in [0.2, 0.25) is 0 Å². The average Bonchev–Trinajstić information content (AvgIpc) is 3.50. The van der Waals surface area contributed by atoms with Gasteiger partial charge in [-0.25, -0.2) is 4.98 Å². The summed E-state index contributed by atoms with van der Waals surface area (Å²) in [7, 11) is 1.64. The van der Waals surface area contributed by atoms with Gasteiger partial charge >= 0.3 is 0 Å². The maximum atomic E-state index is 12.7. The predicted molar refractivity (Wildman–Crippen MR) is 123 cm³/mol. The number of thiazole rings is 1. The van der Waals surface area contributed by atoms with Gasteiger partial charge in [-0.3, -0.25) is 9.78 Å². The first kappa shape index (κ1) is 19.9. The van der Waals surface area contributed by atoms with Crippen LogP contribution in [0.1, 0.15) is 16.1 Å². The summed E-state index contributed by atoms with van der Waals surface area (Å²) in [4.78, 5) is 21.6. The van der Waals surface area contributed by atoms with Gasteiger partial charge in [0.25, 0.3) is 5.91 Å². The first-order valence-electron chi connectivity index (χ1n) is 9.89. The first-order valence-corrected chi connectivity index (χ1v) is 10.8. The first-order chi connectivity index (χ1) is 15.7. The number of benzene rings is 2. The molecule has 0 radical (unpaired) electrons. The Bertz CT molecular complexity index is 1380. The Balaban J connectivity index is 1.40. The number of nitrogens with one attached hydrogen (secondary N) is 1. The maximum Gasteiger partial charge on any atom is 0.251 e. The van der Waals surface area contributed by atoms with Crippen molar-refractivity contribution < 1.29 is 14.1 Å². The molecule has 0 aliphatic carbocycles. The van der Waals surface area contributed by atoms with Crippen molar-refractivity contribution in [1.29, 1.82) is 0 Å². The molecule has 5 aromatic rings. The van der Waals surface area contributed by atoms with Crippen LogP contribution in [0, 0.1) is 0 Å². The molecule has 1 N–H and O–H groups in total. The quantitative estimate of drug-likeness (QED) is 0.400. The lowest BCUT2D eigenvalue weighted by molar-refractivity contribution is 0.0950. The molecule has 0 bridgehead atoms. The van der Waals surface area contributed by atoms with Gasteiger partial charge in [-0.2, -0.15) is 0 Å². The Morgan fingerprint density at radius 2 is 2.00 bits per heavy atom. The molecule has 0 saturated carbocycles. The number of ether oxygens (including phenoxy) is 1. The predicted octanol–water partition coefficient (Wildman–Crippen LogP) is 4.95. The zero-order valence-electron chi connectivity index (χ0n) is 17.1. The molecule has 0 atom stereocenters. The number of carbonyl (C=O) groups is 1. The summed E-state index contributed by atoms with van der Waals surface area (Å²) in [5.41, 5.74) is 4.20. The molecular weight excluding hydrogens is 424 g/mol. The van der Waals surface area contributed by atoms with Gasteiger partial charge in [0, 0.05) is 22.7 Å². The Kier molecular flexibility index (Phi) is 5.35. The summed E-state index contributed by atoms with van der Waals surface area (Å²) in [6.07, 6.45) is 1.70. The Hall–Kier alpha value is -4.04. The van der Waals surface area contributed by atoms with Gasteiger partial charge in [0.05, 0.1) is 24.7 Å². The number of hydrogen-bond donors (Lipinski definition) is 1. The lowest BCUT2D eigenvalue weighted by atomic mass is 10.1. The lowest BCUT2D eigenvalue weighted by Crippen LogP contribution is -2.23. The van der Waals surface area contributed by atoms with Crippen molar-refractivity contribution in [3.63, 3.8) is 0 Å². The summed E-state index contributed by atoms with van der Waals surface area (Å²) in [6, 6.07) is 18.6. The maximum absolute atomic E-state index is 12.7. The topological polar surface area (TPSA) is 90.1 Å². The van der Waals surface area contributed by atoms with Gasteiger partial charge in [-0.05, 0) is 54.6 Å². The van der Waals surface area contributed by atoms with Crippen molar-refractivity contribution >= 4 is 28.2 Å². The molecule has 0 saturated heterocycles. The average molecular weight is 443 g/mol. The SMILES string of the molecule is COc1ccc(-c2nc(-c3noc4ccc(C(=O)NCc5ccccn5)cc34)cs2)cc1. The third-order valence-corrected chi connectivity index (χ3v) is 5.86. The fraction of sp³-hybridized carbons (Fsp3) is 0.0833. The number of fused-ring (bicyclic) bond motifs is 1. The van der Waals surface area contributed by atoms with E-state index in [1.165, 1.54) is 11.3 Å². The van der Waals surface area contributed by atoms with Crippen LogP contribution in [0.25, 0.3) is 32.9 Å². The summed E-state index contributed by atoms with van der Waals surface area (Å²) in [6.45, 7) is 0.353. The molecule has 3 heterocycles. The van der Waals surface area contributed by atoms with Crippen molar-refractivity contribution in [1.82, 2.24) is 20.4 Å². The molecule has 0 spiro atoms. The van der Waals surface area contributed by atoms with Crippen LogP contribution in [0.15, 0.2) is 76.8 Å². The smallest absolute Gasteiger partial charge is 0.251 e. The molecule has 5 rings (SSSR count). The largest absolute Gasteiger partial charge is 0.497 e. The highest BCUT2D eigenvalue weighted by Crippen LogP contribution is 2.33. The van der Waals surface area contributed by atoms with Crippen molar-refractivity contribution in [3.8, 4) is 27.7 Å². The minimum Gasteiger partial charge on any atom is -0.497 e. The zero-order valence-corrected chi connectivity index (χ0v) is 17.9. The number of amides is 1. The van der Waals surface area contributed by atoms with E-state index in [4.69, 9.17) is 14.2 Å². The second-order valence-corrected chi connectivity index (χ2v) is 7.87. The molecule has 2 aromatic carbocycles. The number of nitrogens with zero attached hydrogens (tertiary/aromatic N) is 3. The van der Waals surface area contributed by atoms with Crippen LogP contribution < -0.4 is 10.1 Å². The molecule has 0 unspecified atom stereocenters. The normalized spacial score (nSPS) is 10.9. The Labute approximate surface area is 187 Å². The highest BCUT2D eigenvalue weighted by molar-refractivity contribution is 7.13. The van der Waals surface area contributed by atoms with E-state index in [-0.39, 0.29) is 5.91 Å². The second-order valence-electron chi connectivity index (χ2n) is 7.01. The van der Waals surface area contributed by atoms with Crippen molar-refractivity contribution in [2.24, 2.45) is 0 Å². The fourth-order valence-corrected chi connectivity index (χ4v) is 4.10. The minimum absolute atomic E-state index is 0.193. The zero-order chi connectivity index (χ0) is 21.9. The second kappa shape index (κ2) is 8.60. The van der Waals surface area contributed by atoms with E-state index in [1.54, 1.807) is 31.5 Å². The molecular formula is C24H18N4O3S. The van der Waals surface area contributed by atoms with Crippen LogP contribution in [-0.4, -0.2) is 28.1 Å². The molecule has 0 aliphatic heterocycles. The van der Waals surface area contributed by atoms with Crippen molar-refractivity contribution in [3.05, 3.63) is 83.5 Å². The van der Waals surface area contributed by atoms with Crippen LogP contribution in [0.5, 0.6) is 5.75 Å². The molecule has 7 nitrogen and oxygen atoms in total. The summed E-state index contributed by atoms with van der Waals surface area (Å²) >= 11 is 1.52. The number of hydrogen-bond acceptors (Lipinski definition) is 7. The van der Waals surface area contributed by atoms with Crippen molar-refractivity contribution in [2.45, 2.75) is 6.54 Å². The van der Waals surface area contributed by atoms with E-state index in [2.05, 4.69) is 15.5 Å². The third-order valence-electron chi connectivity index (χ3n) is 4.97. The number of rotatable bonds is 6. The van der Waals surface area contributed by atoms with Gasteiger partial charge in [0.2, 0.25) is 0 Å². The van der Waals surface area contributed by atoms with Gasteiger partial charge in [0.15, 0.2) is 5.58 Å². The van der Waals surface area contributed by atoms with E-state index in [1.807, 2.05) is 47.8 Å². The number of methoxy groups -OCH3 is 1. The van der Waals surface area contributed by atoms with Gasteiger partial charge in [0.1, 0.15) is 22.1 Å². The van der Waals surface area contributed by atoms with Crippen molar-refractivity contribution in [2.75, 3.05) is 7.11 Å². The Morgan fingerprint density at radius 3 is 2.78 bits per heavy atom. The van der Waals surface area contributed by atoms with Crippen LogP contribution in [-0.2, 0) is 6.54 Å². The number of carbonyl (C=O) groups excluding carboxylic acids is 1. The van der Waals surface area contributed by atoms with Crippen LogP contribution in [0.3, 0.4) is 0 Å². The third kappa shape index (κ3) is 3.95. The molecule has 3 aromatic heterocycles. The molecule has 0 aliphatic rings. The van der Waals surface area contributed by atoms with Crippen LogP contribution in [0.4, 0.5) is 0 Å². The molecule has 158 valence electrons. The number of aromatic nitrogens is 3. The van der Waals surface area contributed by atoms with Gasteiger partial charge < -0.3 is 14.6 Å². The van der Waals surface area contributed by atoms with E-state index < -0.39 is 0 Å². The fourth-order valence-electron chi connectivity index (χ4n) is 3.29.